The van der Waals surface area contributed by atoms with Gasteiger partial charge in [-0.1, -0.05) is 13.8 Å². The Morgan fingerprint density at radius 2 is 2.21 bits per heavy atom. The third-order valence-corrected chi connectivity index (χ3v) is 3.69. The topological polar surface area (TPSA) is 69.6 Å². The number of likely N-dealkylation sites (tertiary alicyclic amines) is 1. The highest BCUT2D eigenvalue weighted by molar-refractivity contribution is 5.81. The van der Waals surface area contributed by atoms with Crippen LogP contribution in [-0.2, 0) is 9.59 Å². The molecule has 0 radical (unpaired) electrons. The fourth-order valence-corrected chi connectivity index (χ4v) is 2.38. The maximum absolute atomic E-state index is 12.1. The molecule has 1 heterocycles. The zero-order valence-corrected chi connectivity index (χ0v) is 12.0. The average Bonchev–Trinajstić information content (AvgIpc) is 2.44. The van der Waals surface area contributed by atoms with Crippen LogP contribution < -0.4 is 5.32 Å². The number of hydrogen-bond acceptors (Lipinski definition) is 3. The lowest BCUT2D eigenvalue weighted by molar-refractivity contribution is -0.135. The molecule has 0 aliphatic carbocycles. The van der Waals surface area contributed by atoms with E-state index in [0.717, 1.165) is 19.4 Å². The van der Waals surface area contributed by atoms with Gasteiger partial charge in [-0.2, -0.15) is 0 Å². The van der Waals surface area contributed by atoms with Crippen LogP contribution in [0, 0.1) is 11.8 Å². The molecule has 0 saturated carbocycles. The number of aliphatic hydroxyl groups is 1. The van der Waals surface area contributed by atoms with Crippen LogP contribution in [0.4, 0.5) is 0 Å². The molecule has 0 aromatic carbocycles. The lowest BCUT2D eigenvalue weighted by Crippen LogP contribution is -2.45. The summed E-state index contributed by atoms with van der Waals surface area (Å²) in [4.78, 5) is 25.5. The van der Waals surface area contributed by atoms with Crippen LogP contribution in [0.25, 0.3) is 0 Å². The van der Waals surface area contributed by atoms with E-state index in [9.17, 15) is 9.59 Å². The van der Waals surface area contributed by atoms with Crippen molar-refractivity contribution in [2.24, 2.45) is 11.8 Å². The van der Waals surface area contributed by atoms with Crippen molar-refractivity contribution in [2.75, 3.05) is 26.2 Å². The minimum absolute atomic E-state index is 0.0402. The van der Waals surface area contributed by atoms with Gasteiger partial charge < -0.3 is 15.3 Å². The van der Waals surface area contributed by atoms with Gasteiger partial charge >= 0.3 is 0 Å². The summed E-state index contributed by atoms with van der Waals surface area (Å²) in [6.45, 7) is 5.92. The monoisotopic (exact) mass is 270 g/mol. The van der Waals surface area contributed by atoms with Crippen LogP contribution >= 0.6 is 0 Å². The summed E-state index contributed by atoms with van der Waals surface area (Å²) in [5.74, 6) is 0.376. The van der Waals surface area contributed by atoms with Gasteiger partial charge in [0.15, 0.2) is 0 Å². The molecule has 2 N–H and O–H groups in total. The molecule has 0 aromatic rings. The van der Waals surface area contributed by atoms with Crippen molar-refractivity contribution < 1.29 is 14.7 Å². The molecule has 19 heavy (non-hydrogen) atoms. The van der Waals surface area contributed by atoms with Gasteiger partial charge in [-0.15, -0.1) is 0 Å². The number of nitrogens with zero attached hydrogens (tertiary/aromatic N) is 1. The van der Waals surface area contributed by atoms with Crippen LogP contribution in [-0.4, -0.2) is 48.1 Å². The van der Waals surface area contributed by atoms with Crippen LogP contribution in [0.15, 0.2) is 0 Å². The number of piperidine rings is 1. The Morgan fingerprint density at radius 3 is 2.84 bits per heavy atom. The number of carbonyl (C=O) groups is 2. The first-order chi connectivity index (χ1) is 9.08. The Balaban J connectivity index is 2.37. The quantitative estimate of drug-likeness (QED) is 0.749. The van der Waals surface area contributed by atoms with Crippen LogP contribution in [0.3, 0.4) is 0 Å². The number of rotatable bonds is 6. The van der Waals surface area contributed by atoms with Gasteiger partial charge in [0.05, 0.1) is 5.92 Å². The van der Waals surface area contributed by atoms with Gasteiger partial charge in [0.25, 0.3) is 0 Å². The van der Waals surface area contributed by atoms with Gasteiger partial charge in [-0.3, -0.25) is 9.59 Å². The van der Waals surface area contributed by atoms with E-state index in [-0.39, 0.29) is 30.3 Å². The Morgan fingerprint density at radius 1 is 1.47 bits per heavy atom. The Labute approximate surface area is 115 Å². The van der Waals surface area contributed by atoms with Crippen molar-refractivity contribution in [1.82, 2.24) is 10.2 Å². The Kier molecular flexibility index (Phi) is 6.84. The average molecular weight is 270 g/mol. The van der Waals surface area contributed by atoms with Crippen LogP contribution in [0.2, 0.25) is 0 Å². The van der Waals surface area contributed by atoms with E-state index in [4.69, 9.17) is 5.11 Å². The highest BCUT2D eigenvalue weighted by atomic mass is 16.3. The largest absolute Gasteiger partial charge is 0.396 e. The summed E-state index contributed by atoms with van der Waals surface area (Å²) < 4.78 is 0. The van der Waals surface area contributed by atoms with Crippen molar-refractivity contribution in [3.05, 3.63) is 0 Å². The summed E-state index contributed by atoms with van der Waals surface area (Å²) in [7, 11) is 0. The first kappa shape index (κ1) is 16.0. The van der Waals surface area contributed by atoms with E-state index >= 15 is 0 Å². The molecule has 1 aliphatic rings. The van der Waals surface area contributed by atoms with Crippen LogP contribution in [0.1, 0.15) is 39.5 Å². The van der Waals surface area contributed by atoms with E-state index in [1.807, 2.05) is 13.8 Å². The summed E-state index contributed by atoms with van der Waals surface area (Å²) in [5.41, 5.74) is 0. The third kappa shape index (κ3) is 5.19. The summed E-state index contributed by atoms with van der Waals surface area (Å²) in [5, 5.41) is 11.7. The highest BCUT2D eigenvalue weighted by Crippen LogP contribution is 2.17. The van der Waals surface area contributed by atoms with Crippen molar-refractivity contribution in [1.29, 1.82) is 0 Å². The molecule has 2 amide bonds. The molecule has 1 aliphatic heterocycles. The molecule has 2 atom stereocenters. The molecule has 0 bridgehead atoms. The predicted octanol–water partition coefficient (Wildman–Crippen LogP) is 0.770. The first-order valence-corrected chi connectivity index (χ1v) is 7.24. The Bertz CT molecular complexity index is 307. The number of amides is 2. The Hall–Kier alpha value is -1.10. The molecule has 1 fully saturated rings. The minimum Gasteiger partial charge on any atom is -0.396 e. The van der Waals surface area contributed by atoms with Crippen molar-refractivity contribution in [3.8, 4) is 0 Å². The number of nitrogens with one attached hydrogen (secondary N) is 1. The van der Waals surface area contributed by atoms with Gasteiger partial charge in [-0.05, 0) is 25.2 Å². The van der Waals surface area contributed by atoms with E-state index in [1.165, 1.54) is 0 Å². The van der Waals surface area contributed by atoms with E-state index in [1.54, 1.807) is 4.90 Å². The van der Waals surface area contributed by atoms with Gasteiger partial charge in [0.1, 0.15) is 0 Å². The normalized spacial score (nSPS) is 21.0. The maximum Gasteiger partial charge on any atom is 0.224 e. The fourth-order valence-electron chi connectivity index (χ4n) is 2.38. The zero-order chi connectivity index (χ0) is 14.3. The fraction of sp³-hybridized carbons (Fsp3) is 0.857. The molecule has 0 spiro atoms. The lowest BCUT2D eigenvalue weighted by atomic mass is 9.96. The number of carbonyl (C=O) groups excluding carboxylic acids is 2. The molecule has 1 saturated heterocycles. The summed E-state index contributed by atoms with van der Waals surface area (Å²) >= 11 is 0. The summed E-state index contributed by atoms with van der Waals surface area (Å²) in [6.07, 6.45) is 2.96. The predicted molar refractivity (Wildman–Crippen MR) is 73.5 cm³/mol. The molecule has 1 rings (SSSR count). The SMILES string of the molecule is CCC(=O)N1CCCC(C(=O)NCC(C)CCO)C1. The van der Waals surface area contributed by atoms with E-state index in [2.05, 4.69) is 5.32 Å². The molecule has 110 valence electrons. The lowest BCUT2D eigenvalue weighted by Gasteiger charge is -2.32. The number of hydrogen-bond donors (Lipinski definition) is 2. The highest BCUT2D eigenvalue weighted by Gasteiger charge is 2.27. The smallest absolute Gasteiger partial charge is 0.224 e. The second-order valence-electron chi connectivity index (χ2n) is 5.40. The summed E-state index contributed by atoms with van der Waals surface area (Å²) in [6, 6.07) is 0. The third-order valence-electron chi connectivity index (χ3n) is 3.69. The van der Waals surface area contributed by atoms with Gasteiger partial charge in [0.2, 0.25) is 11.8 Å². The maximum atomic E-state index is 12.1. The first-order valence-electron chi connectivity index (χ1n) is 7.24. The van der Waals surface area contributed by atoms with Crippen molar-refractivity contribution >= 4 is 11.8 Å². The van der Waals surface area contributed by atoms with E-state index < -0.39 is 0 Å². The molecule has 5 nitrogen and oxygen atoms in total. The molecule has 2 unspecified atom stereocenters. The number of aliphatic hydroxyl groups excluding tert-OH is 1. The van der Waals surface area contributed by atoms with Gasteiger partial charge in [0, 0.05) is 32.7 Å². The second-order valence-corrected chi connectivity index (χ2v) is 5.40. The van der Waals surface area contributed by atoms with Crippen molar-refractivity contribution in [2.45, 2.75) is 39.5 Å². The van der Waals surface area contributed by atoms with Gasteiger partial charge in [-0.25, -0.2) is 0 Å². The second kappa shape index (κ2) is 8.15. The standard InChI is InChI=1S/C14H26N2O3/c1-3-13(18)16-7-4-5-12(10-16)14(19)15-9-11(2)6-8-17/h11-12,17H,3-10H2,1-2H3,(H,15,19). The van der Waals surface area contributed by atoms with E-state index in [0.29, 0.717) is 25.9 Å². The molecular weight excluding hydrogens is 244 g/mol. The molecule has 0 aromatic heterocycles. The van der Waals surface area contributed by atoms with Crippen molar-refractivity contribution in [3.63, 3.8) is 0 Å². The molecular formula is C14H26N2O3. The van der Waals surface area contributed by atoms with Crippen LogP contribution in [0.5, 0.6) is 0 Å². The molecule has 5 heteroatoms. The minimum atomic E-state index is -0.0782. The zero-order valence-electron chi connectivity index (χ0n) is 12.0.